The second-order valence-corrected chi connectivity index (χ2v) is 5.60. The molecule has 0 aromatic heterocycles. The lowest BCUT2D eigenvalue weighted by atomic mass is 10.1. The van der Waals surface area contributed by atoms with Gasteiger partial charge in [-0.3, -0.25) is 0 Å². The van der Waals surface area contributed by atoms with Crippen LogP contribution in [0.3, 0.4) is 0 Å². The Kier molecular flexibility index (Phi) is 5.20. The molecule has 0 spiro atoms. The summed E-state index contributed by atoms with van der Waals surface area (Å²) in [4.78, 5) is 8.90. The van der Waals surface area contributed by atoms with Gasteiger partial charge in [0, 0.05) is 19.3 Å². The molecule has 9 heteroatoms. The quantitative estimate of drug-likeness (QED) is 0.726. The van der Waals surface area contributed by atoms with Crippen LogP contribution in [-0.2, 0) is 14.6 Å². The van der Waals surface area contributed by atoms with Crippen molar-refractivity contribution in [1.29, 1.82) is 0 Å². The zero-order valence-electron chi connectivity index (χ0n) is 8.41. The molecule has 1 heterocycles. The molecule has 0 aliphatic carbocycles. The molecule has 0 unspecified atom stereocenters. The van der Waals surface area contributed by atoms with Crippen LogP contribution in [0.5, 0.6) is 0 Å². The number of aliphatic carboxylic acids is 1. The van der Waals surface area contributed by atoms with Crippen molar-refractivity contribution in [3.05, 3.63) is 0 Å². The van der Waals surface area contributed by atoms with Gasteiger partial charge in [-0.1, -0.05) is 0 Å². The summed E-state index contributed by atoms with van der Waals surface area (Å²) < 4.78 is 52.9. The predicted molar refractivity (Wildman–Crippen MR) is 49.8 cm³/mol. The normalized spacial score (nSPS) is 17.0. The van der Waals surface area contributed by atoms with E-state index in [9.17, 15) is 21.6 Å². The van der Waals surface area contributed by atoms with Gasteiger partial charge < -0.3 is 10.4 Å². The van der Waals surface area contributed by atoms with E-state index in [-0.39, 0.29) is 0 Å². The fraction of sp³-hybridized carbons (Fsp3) is 0.857. The number of carboxylic acid groups (broad SMARTS) is 1. The Morgan fingerprint density at radius 3 is 1.88 bits per heavy atom. The van der Waals surface area contributed by atoms with Crippen LogP contribution >= 0.6 is 0 Å². The van der Waals surface area contributed by atoms with Crippen LogP contribution in [-0.4, -0.2) is 50.8 Å². The lowest BCUT2D eigenvalue weighted by Crippen LogP contribution is -2.45. The highest BCUT2D eigenvalue weighted by Gasteiger charge is 2.38. The van der Waals surface area contributed by atoms with Gasteiger partial charge in [0.25, 0.3) is 0 Å². The summed E-state index contributed by atoms with van der Waals surface area (Å²) in [6, 6.07) is 0. The predicted octanol–water partition coefficient (Wildman–Crippen LogP) is -0.116. The Morgan fingerprint density at radius 2 is 1.81 bits per heavy atom. The van der Waals surface area contributed by atoms with Gasteiger partial charge in [0.05, 0.1) is 5.75 Å². The zero-order chi connectivity index (χ0) is 13.0. The number of carbonyl (C=O) groups is 1. The van der Waals surface area contributed by atoms with E-state index in [1.807, 2.05) is 0 Å². The average Bonchev–Trinajstić information content (AvgIpc) is 1.95. The molecule has 1 saturated heterocycles. The summed E-state index contributed by atoms with van der Waals surface area (Å²) in [5.74, 6) is -2.03. The molecular weight excluding hydrogens is 251 g/mol. The van der Waals surface area contributed by atoms with Crippen LogP contribution in [0.15, 0.2) is 0 Å². The van der Waals surface area contributed by atoms with E-state index < -0.39 is 22.0 Å². The third-order valence-electron chi connectivity index (χ3n) is 1.65. The van der Waals surface area contributed by atoms with Crippen LogP contribution in [0.1, 0.15) is 0 Å². The van der Waals surface area contributed by atoms with Crippen molar-refractivity contribution in [2.45, 2.75) is 6.18 Å². The SMILES string of the molecule is CS(=O)(=O)CC1CNC1.O=C(O)C(F)(F)F. The standard InChI is InChI=1S/C5H11NO2S.C2HF3O2/c1-9(7,8)4-5-2-6-3-5;3-2(4,5)1(6)7/h5-6H,2-4H2,1H3;(H,6,7). The lowest BCUT2D eigenvalue weighted by Gasteiger charge is -2.25. The van der Waals surface area contributed by atoms with Crippen molar-refractivity contribution in [1.82, 2.24) is 5.32 Å². The number of hydrogen-bond acceptors (Lipinski definition) is 4. The summed E-state index contributed by atoms with van der Waals surface area (Å²) in [6.07, 6.45) is -3.80. The molecule has 2 N–H and O–H groups in total. The number of halogens is 3. The van der Waals surface area contributed by atoms with Gasteiger partial charge in [0.1, 0.15) is 9.84 Å². The van der Waals surface area contributed by atoms with Crippen molar-refractivity contribution < 1.29 is 31.5 Å². The zero-order valence-corrected chi connectivity index (χ0v) is 9.23. The molecule has 0 aromatic carbocycles. The summed E-state index contributed by atoms with van der Waals surface area (Å²) in [7, 11) is -2.72. The summed E-state index contributed by atoms with van der Waals surface area (Å²) >= 11 is 0. The van der Waals surface area contributed by atoms with E-state index in [0.29, 0.717) is 11.7 Å². The maximum atomic E-state index is 10.6. The number of hydrogen-bond donors (Lipinski definition) is 2. The van der Waals surface area contributed by atoms with Crippen LogP contribution in [0.25, 0.3) is 0 Å². The second kappa shape index (κ2) is 5.48. The molecule has 0 radical (unpaired) electrons. The first-order chi connectivity index (χ1) is 7.02. The van der Waals surface area contributed by atoms with E-state index in [0.717, 1.165) is 13.1 Å². The van der Waals surface area contributed by atoms with Crippen molar-refractivity contribution in [2.75, 3.05) is 25.1 Å². The van der Waals surface area contributed by atoms with Gasteiger partial charge in [-0.25, -0.2) is 13.2 Å². The smallest absolute Gasteiger partial charge is 0.475 e. The number of sulfone groups is 1. The molecule has 96 valence electrons. The molecule has 1 rings (SSSR count). The average molecular weight is 263 g/mol. The largest absolute Gasteiger partial charge is 0.490 e. The maximum absolute atomic E-state index is 10.6. The number of carboxylic acids is 1. The molecule has 0 aromatic rings. The summed E-state index contributed by atoms with van der Waals surface area (Å²) in [5, 5.41) is 10.1. The molecule has 1 fully saturated rings. The Morgan fingerprint density at radius 1 is 1.44 bits per heavy atom. The van der Waals surface area contributed by atoms with Gasteiger partial charge in [-0.05, 0) is 5.92 Å². The maximum Gasteiger partial charge on any atom is 0.490 e. The van der Waals surface area contributed by atoms with E-state index in [4.69, 9.17) is 9.90 Å². The first-order valence-electron chi connectivity index (χ1n) is 4.21. The van der Waals surface area contributed by atoms with E-state index in [1.54, 1.807) is 0 Å². The molecule has 1 aliphatic heterocycles. The first-order valence-corrected chi connectivity index (χ1v) is 6.27. The minimum Gasteiger partial charge on any atom is -0.475 e. The number of nitrogens with one attached hydrogen (secondary N) is 1. The van der Waals surface area contributed by atoms with Crippen molar-refractivity contribution >= 4 is 15.8 Å². The fourth-order valence-corrected chi connectivity index (χ4v) is 1.99. The van der Waals surface area contributed by atoms with Gasteiger partial charge >= 0.3 is 12.1 Å². The Hall–Kier alpha value is -0.830. The second-order valence-electron chi connectivity index (χ2n) is 3.42. The topological polar surface area (TPSA) is 83.5 Å². The minimum atomic E-state index is -5.08. The van der Waals surface area contributed by atoms with Crippen LogP contribution in [0.2, 0.25) is 0 Å². The Bertz CT molecular complexity index is 334. The fourth-order valence-electron chi connectivity index (χ4n) is 0.894. The van der Waals surface area contributed by atoms with Gasteiger partial charge in [0.15, 0.2) is 0 Å². The third kappa shape index (κ3) is 7.46. The van der Waals surface area contributed by atoms with Crippen molar-refractivity contribution in [3.8, 4) is 0 Å². The molecule has 0 bridgehead atoms. The molecule has 16 heavy (non-hydrogen) atoms. The molecular formula is C7H12F3NO4S. The van der Waals surface area contributed by atoms with Crippen LogP contribution in [0, 0.1) is 5.92 Å². The first kappa shape index (κ1) is 15.2. The monoisotopic (exact) mass is 263 g/mol. The summed E-state index contributed by atoms with van der Waals surface area (Å²) in [5.41, 5.74) is 0. The van der Waals surface area contributed by atoms with Crippen LogP contribution in [0.4, 0.5) is 13.2 Å². The third-order valence-corrected chi connectivity index (χ3v) is 2.72. The van der Waals surface area contributed by atoms with Gasteiger partial charge in [-0.15, -0.1) is 0 Å². The molecule has 5 nitrogen and oxygen atoms in total. The number of alkyl halides is 3. The summed E-state index contributed by atoms with van der Waals surface area (Å²) in [6.45, 7) is 1.74. The highest BCUT2D eigenvalue weighted by atomic mass is 32.2. The van der Waals surface area contributed by atoms with E-state index in [1.165, 1.54) is 6.26 Å². The van der Waals surface area contributed by atoms with E-state index in [2.05, 4.69) is 5.32 Å². The van der Waals surface area contributed by atoms with Crippen LogP contribution < -0.4 is 5.32 Å². The molecule has 0 atom stereocenters. The molecule has 0 amide bonds. The highest BCUT2D eigenvalue weighted by Crippen LogP contribution is 2.13. The Balaban J connectivity index is 0.000000293. The number of rotatable bonds is 2. The molecule has 1 aliphatic rings. The Labute approximate surface area is 90.6 Å². The van der Waals surface area contributed by atoms with Gasteiger partial charge in [-0.2, -0.15) is 13.2 Å². The minimum absolute atomic E-state index is 0.347. The molecule has 0 saturated carbocycles. The van der Waals surface area contributed by atoms with Crippen molar-refractivity contribution in [2.24, 2.45) is 5.92 Å². The highest BCUT2D eigenvalue weighted by molar-refractivity contribution is 7.90. The van der Waals surface area contributed by atoms with Gasteiger partial charge in [0.2, 0.25) is 0 Å². The van der Waals surface area contributed by atoms with Crippen molar-refractivity contribution in [3.63, 3.8) is 0 Å². The lowest BCUT2D eigenvalue weighted by molar-refractivity contribution is -0.192. The van der Waals surface area contributed by atoms with E-state index >= 15 is 0 Å².